The third kappa shape index (κ3) is 7.15. The van der Waals surface area contributed by atoms with Crippen LogP contribution in [-0.4, -0.2) is 31.4 Å². The Kier molecular flexibility index (Phi) is 8.49. The molecule has 24 heavy (non-hydrogen) atoms. The molecule has 0 saturated heterocycles. The highest BCUT2D eigenvalue weighted by Crippen LogP contribution is 2.25. The first-order chi connectivity index (χ1) is 11.7. The zero-order valence-corrected chi connectivity index (χ0v) is 16.6. The lowest BCUT2D eigenvalue weighted by atomic mass is 10.3. The lowest BCUT2D eigenvalue weighted by Gasteiger charge is -2.08. The predicted molar refractivity (Wildman–Crippen MR) is 104 cm³/mol. The Morgan fingerprint density at radius 1 is 1.17 bits per heavy atom. The molecular weight excluding hydrogens is 410 g/mol. The second-order valence-corrected chi connectivity index (χ2v) is 8.45. The minimum absolute atomic E-state index is 0.0243. The van der Waals surface area contributed by atoms with Gasteiger partial charge in [0.15, 0.2) is 6.61 Å². The standard InChI is InChI=1S/C17H20BrNO3S2/c1-2-21-13-3-5-14(6-4-13)22-11-17(20)19-9-10-23-12-15-7-8-16(18)24-15/h3-8H,2,9-12H2,1H3,(H,19,20). The Hall–Kier alpha value is -1.18. The van der Waals surface area contributed by atoms with Gasteiger partial charge in [-0.25, -0.2) is 0 Å². The molecule has 1 aromatic heterocycles. The van der Waals surface area contributed by atoms with Crippen LogP contribution in [0.3, 0.4) is 0 Å². The molecular formula is C17H20BrNO3S2. The molecule has 0 aliphatic rings. The number of hydrogen-bond donors (Lipinski definition) is 1. The number of hydrogen-bond acceptors (Lipinski definition) is 5. The van der Waals surface area contributed by atoms with Gasteiger partial charge in [0.1, 0.15) is 11.5 Å². The fourth-order valence-electron chi connectivity index (χ4n) is 1.86. The average molecular weight is 430 g/mol. The molecule has 130 valence electrons. The van der Waals surface area contributed by atoms with Crippen LogP contribution in [0.5, 0.6) is 11.5 Å². The summed E-state index contributed by atoms with van der Waals surface area (Å²) in [6.07, 6.45) is 0. The minimum atomic E-state index is -0.108. The zero-order valence-electron chi connectivity index (χ0n) is 13.4. The Bertz CT molecular complexity index is 631. The summed E-state index contributed by atoms with van der Waals surface area (Å²) < 4.78 is 12.0. The first-order valence-electron chi connectivity index (χ1n) is 7.61. The summed E-state index contributed by atoms with van der Waals surface area (Å²) in [6, 6.07) is 11.4. The molecule has 4 nitrogen and oxygen atoms in total. The van der Waals surface area contributed by atoms with Crippen LogP contribution in [0.4, 0.5) is 0 Å². The molecule has 0 aliphatic carbocycles. The molecule has 0 aliphatic heterocycles. The maximum atomic E-state index is 11.7. The van der Waals surface area contributed by atoms with E-state index in [9.17, 15) is 4.79 Å². The number of carbonyl (C=O) groups excluding carboxylic acids is 1. The van der Waals surface area contributed by atoms with Crippen molar-refractivity contribution in [3.8, 4) is 11.5 Å². The van der Waals surface area contributed by atoms with Gasteiger partial charge in [0.2, 0.25) is 0 Å². The second-order valence-electron chi connectivity index (χ2n) is 4.80. The number of benzene rings is 1. The van der Waals surface area contributed by atoms with Gasteiger partial charge in [-0.1, -0.05) is 0 Å². The fraction of sp³-hybridized carbons (Fsp3) is 0.353. The maximum Gasteiger partial charge on any atom is 0.257 e. The number of amides is 1. The highest BCUT2D eigenvalue weighted by atomic mass is 79.9. The van der Waals surface area contributed by atoms with Gasteiger partial charge in [-0.2, -0.15) is 11.8 Å². The Balaban J connectivity index is 1.56. The molecule has 2 aromatic rings. The van der Waals surface area contributed by atoms with E-state index in [1.165, 1.54) is 4.88 Å². The molecule has 1 aromatic carbocycles. The van der Waals surface area contributed by atoms with Crippen molar-refractivity contribution in [2.24, 2.45) is 0 Å². The first kappa shape index (κ1) is 19.1. The number of rotatable bonds is 10. The molecule has 0 atom stereocenters. The fourth-order valence-corrected chi connectivity index (χ4v) is 4.32. The van der Waals surface area contributed by atoms with Crippen LogP contribution in [0.1, 0.15) is 11.8 Å². The summed E-state index contributed by atoms with van der Waals surface area (Å²) in [6.45, 7) is 3.23. The zero-order chi connectivity index (χ0) is 17.2. The van der Waals surface area contributed by atoms with Gasteiger partial charge in [-0.15, -0.1) is 11.3 Å². The Labute approximate surface area is 159 Å². The monoisotopic (exact) mass is 429 g/mol. The van der Waals surface area contributed by atoms with Crippen LogP contribution in [0, 0.1) is 0 Å². The molecule has 0 unspecified atom stereocenters. The first-order valence-corrected chi connectivity index (χ1v) is 10.4. The van der Waals surface area contributed by atoms with Crippen molar-refractivity contribution in [3.63, 3.8) is 0 Å². The van der Waals surface area contributed by atoms with Gasteiger partial charge < -0.3 is 14.8 Å². The number of ether oxygens (including phenoxy) is 2. The van der Waals surface area contributed by atoms with Gasteiger partial charge in [-0.3, -0.25) is 4.79 Å². The van der Waals surface area contributed by atoms with Gasteiger partial charge in [0, 0.05) is 22.9 Å². The number of thioether (sulfide) groups is 1. The molecule has 0 fully saturated rings. The van der Waals surface area contributed by atoms with Crippen LogP contribution in [-0.2, 0) is 10.5 Å². The third-order valence-corrected chi connectivity index (χ3v) is 5.76. The molecule has 7 heteroatoms. The van der Waals surface area contributed by atoms with E-state index in [0.717, 1.165) is 21.0 Å². The maximum absolute atomic E-state index is 11.7. The number of thiophene rings is 1. The smallest absolute Gasteiger partial charge is 0.257 e. The molecule has 0 radical (unpaired) electrons. The van der Waals surface area contributed by atoms with Gasteiger partial charge >= 0.3 is 0 Å². The molecule has 0 saturated carbocycles. The highest BCUT2D eigenvalue weighted by Gasteiger charge is 2.03. The molecule has 1 heterocycles. The van der Waals surface area contributed by atoms with Crippen LogP contribution < -0.4 is 14.8 Å². The molecule has 0 spiro atoms. The summed E-state index contributed by atoms with van der Waals surface area (Å²) in [5.74, 6) is 3.19. The number of nitrogens with one attached hydrogen (secondary N) is 1. The van der Waals surface area contributed by atoms with Crippen molar-refractivity contribution in [1.82, 2.24) is 5.32 Å². The van der Waals surface area contributed by atoms with E-state index < -0.39 is 0 Å². The highest BCUT2D eigenvalue weighted by molar-refractivity contribution is 9.11. The normalized spacial score (nSPS) is 10.4. The minimum Gasteiger partial charge on any atom is -0.494 e. The van der Waals surface area contributed by atoms with Crippen molar-refractivity contribution in [3.05, 3.63) is 45.1 Å². The lowest BCUT2D eigenvalue weighted by molar-refractivity contribution is -0.122. The largest absolute Gasteiger partial charge is 0.494 e. The summed E-state index contributed by atoms with van der Waals surface area (Å²) in [5.41, 5.74) is 0. The summed E-state index contributed by atoms with van der Waals surface area (Å²) >= 11 is 7.00. The van der Waals surface area contributed by atoms with E-state index in [1.807, 2.05) is 19.1 Å². The van der Waals surface area contributed by atoms with E-state index >= 15 is 0 Å². The number of carbonyl (C=O) groups is 1. The van der Waals surface area contributed by atoms with Gasteiger partial charge in [0.25, 0.3) is 5.91 Å². The van der Waals surface area contributed by atoms with Gasteiger partial charge in [-0.05, 0) is 59.3 Å². The van der Waals surface area contributed by atoms with E-state index in [-0.39, 0.29) is 12.5 Å². The van der Waals surface area contributed by atoms with Crippen LogP contribution in [0.15, 0.2) is 40.2 Å². The van der Waals surface area contributed by atoms with Crippen molar-refractivity contribution >= 4 is 44.9 Å². The SMILES string of the molecule is CCOc1ccc(OCC(=O)NCCSCc2ccc(Br)s2)cc1. The topological polar surface area (TPSA) is 47.6 Å². The van der Waals surface area contributed by atoms with Crippen molar-refractivity contribution in [2.75, 3.05) is 25.5 Å². The summed E-state index contributed by atoms with van der Waals surface area (Å²) in [7, 11) is 0. The molecule has 0 bridgehead atoms. The summed E-state index contributed by atoms with van der Waals surface area (Å²) in [4.78, 5) is 13.1. The quantitative estimate of drug-likeness (QED) is 0.570. The van der Waals surface area contributed by atoms with E-state index in [1.54, 1.807) is 35.2 Å². The third-order valence-electron chi connectivity index (χ3n) is 2.95. The Morgan fingerprint density at radius 3 is 2.50 bits per heavy atom. The molecule has 2 rings (SSSR count). The number of halogens is 1. The van der Waals surface area contributed by atoms with Crippen molar-refractivity contribution in [1.29, 1.82) is 0 Å². The van der Waals surface area contributed by atoms with E-state index in [2.05, 4.69) is 33.4 Å². The Morgan fingerprint density at radius 2 is 1.88 bits per heavy atom. The van der Waals surface area contributed by atoms with Crippen molar-refractivity contribution in [2.45, 2.75) is 12.7 Å². The van der Waals surface area contributed by atoms with Crippen LogP contribution in [0.2, 0.25) is 0 Å². The predicted octanol–water partition coefficient (Wildman–Crippen LogP) is 4.34. The van der Waals surface area contributed by atoms with Crippen molar-refractivity contribution < 1.29 is 14.3 Å². The molecule has 1 N–H and O–H groups in total. The van der Waals surface area contributed by atoms with Gasteiger partial charge in [0.05, 0.1) is 10.4 Å². The second kappa shape index (κ2) is 10.6. The molecule has 1 amide bonds. The van der Waals surface area contributed by atoms with Crippen LogP contribution in [0.25, 0.3) is 0 Å². The lowest BCUT2D eigenvalue weighted by Crippen LogP contribution is -2.30. The summed E-state index contributed by atoms with van der Waals surface area (Å²) in [5, 5.41) is 2.86. The van der Waals surface area contributed by atoms with E-state index in [4.69, 9.17) is 9.47 Å². The average Bonchev–Trinajstić information content (AvgIpc) is 2.99. The van der Waals surface area contributed by atoms with E-state index in [0.29, 0.717) is 18.9 Å². The van der Waals surface area contributed by atoms with Crippen LogP contribution >= 0.6 is 39.0 Å².